The highest BCUT2D eigenvalue weighted by Crippen LogP contribution is 2.38. The van der Waals surface area contributed by atoms with Crippen LogP contribution in [0.2, 0.25) is 0 Å². The SMILES string of the molecule is C=C/C=C(\C=C)c1ccc(N(c2ccc(-c3ccc(N(C)c4ccc(-c5ccccc5)cc4)cc3)cc2)c2ccc3ccccc3c2)cc1.CC. The second kappa shape index (κ2) is 16.3. The van der Waals surface area contributed by atoms with Gasteiger partial charge in [-0.2, -0.15) is 0 Å². The lowest BCUT2D eigenvalue weighted by atomic mass is 10.0. The molecule has 0 saturated heterocycles. The number of hydrogen-bond donors (Lipinski definition) is 0. The molecule has 0 unspecified atom stereocenters. The summed E-state index contributed by atoms with van der Waals surface area (Å²) in [4.78, 5) is 4.53. The normalized spacial score (nSPS) is 10.9. The van der Waals surface area contributed by atoms with Gasteiger partial charge < -0.3 is 9.80 Å². The van der Waals surface area contributed by atoms with Crippen molar-refractivity contribution in [1.82, 2.24) is 0 Å². The maximum Gasteiger partial charge on any atom is 0.0468 e. The van der Waals surface area contributed by atoms with Gasteiger partial charge in [0.1, 0.15) is 0 Å². The molecule has 0 spiro atoms. The van der Waals surface area contributed by atoms with E-state index >= 15 is 0 Å². The van der Waals surface area contributed by atoms with Crippen LogP contribution in [0.4, 0.5) is 28.4 Å². The van der Waals surface area contributed by atoms with E-state index in [1.165, 1.54) is 33.0 Å². The molecular formula is C49H44N2. The molecule has 0 fully saturated rings. The first-order valence-electron chi connectivity index (χ1n) is 17.6. The average Bonchev–Trinajstić information content (AvgIpc) is 3.21. The van der Waals surface area contributed by atoms with Crippen LogP contribution in [0, 0.1) is 0 Å². The van der Waals surface area contributed by atoms with Crippen LogP contribution < -0.4 is 9.80 Å². The van der Waals surface area contributed by atoms with E-state index < -0.39 is 0 Å². The molecule has 2 nitrogen and oxygen atoms in total. The fraction of sp³-hybridized carbons (Fsp3) is 0.0612. The molecule has 0 saturated carbocycles. The van der Waals surface area contributed by atoms with Crippen molar-refractivity contribution in [3.8, 4) is 22.3 Å². The molecule has 2 heteroatoms. The molecule has 250 valence electrons. The Bertz CT molecular complexity index is 2230. The van der Waals surface area contributed by atoms with Crippen LogP contribution in [0.5, 0.6) is 0 Å². The van der Waals surface area contributed by atoms with Crippen molar-refractivity contribution in [2.75, 3.05) is 16.8 Å². The lowest BCUT2D eigenvalue weighted by Gasteiger charge is -2.26. The Balaban J connectivity index is 0.00000220. The summed E-state index contributed by atoms with van der Waals surface area (Å²) in [7, 11) is 2.11. The van der Waals surface area contributed by atoms with Crippen LogP contribution in [0.15, 0.2) is 201 Å². The summed E-state index contributed by atoms with van der Waals surface area (Å²) in [6, 6.07) is 60.6. The van der Waals surface area contributed by atoms with Gasteiger partial charge >= 0.3 is 0 Å². The molecule has 0 radical (unpaired) electrons. The molecule has 7 rings (SSSR count). The van der Waals surface area contributed by atoms with Crippen molar-refractivity contribution in [2.24, 2.45) is 0 Å². The minimum Gasteiger partial charge on any atom is -0.345 e. The molecule has 0 aliphatic carbocycles. The number of nitrogens with zero attached hydrogens (tertiary/aromatic N) is 2. The number of anilines is 5. The number of rotatable bonds is 10. The summed E-state index contributed by atoms with van der Waals surface area (Å²) in [5.41, 5.74) is 12.5. The van der Waals surface area contributed by atoms with Gasteiger partial charge in [0.25, 0.3) is 0 Å². The lowest BCUT2D eigenvalue weighted by molar-refractivity contribution is 1.21. The van der Waals surface area contributed by atoms with E-state index in [0.29, 0.717) is 0 Å². The Labute approximate surface area is 303 Å². The molecule has 0 aliphatic heterocycles. The summed E-state index contributed by atoms with van der Waals surface area (Å²) in [6.07, 6.45) is 5.64. The van der Waals surface area contributed by atoms with Gasteiger partial charge in [0.2, 0.25) is 0 Å². The zero-order valence-electron chi connectivity index (χ0n) is 29.7. The first-order chi connectivity index (χ1) is 25.1. The second-order valence-electron chi connectivity index (χ2n) is 12.0. The van der Waals surface area contributed by atoms with Gasteiger partial charge in [0.15, 0.2) is 0 Å². The molecule has 0 aliphatic rings. The third-order valence-corrected chi connectivity index (χ3v) is 9.04. The molecule has 0 N–H and O–H groups in total. The summed E-state index contributed by atoms with van der Waals surface area (Å²) in [5.74, 6) is 0. The van der Waals surface area contributed by atoms with Gasteiger partial charge in [-0.05, 0) is 105 Å². The van der Waals surface area contributed by atoms with Crippen molar-refractivity contribution in [2.45, 2.75) is 13.8 Å². The Morgan fingerprint density at radius 3 is 1.39 bits per heavy atom. The fourth-order valence-corrected chi connectivity index (χ4v) is 6.31. The summed E-state index contributed by atoms with van der Waals surface area (Å²) >= 11 is 0. The monoisotopic (exact) mass is 660 g/mol. The molecular weight excluding hydrogens is 617 g/mol. The molecule has 0 heterocycles. The van der Waals surface area contributed by atoms with Gasteiger partial charge in [0.05, 0.1) is 0 Å². The van der Waals surface area contributed by atoms with Crippen LogP contribution in [-0.4, -0.2) is 7.05 Å². The third kappa shape index (κ3) is 7.77. The van der Waals surface area contributed by atoms with Crippen LogP contribution >= 0.6 is 0 Å². The molecule has 7 aromatic rings. The van der Waals surface area contributed by atoms with Gasteiger partial charge in [-0.25, -0.2) is 0 Å². The smallest absolute Gasteiger partial charge is 0.0468 e. The van der Waals surface area contributed by atoms with Crippen molar-refractivity contribution in [3.63, 3.8) is 0 Å². The average molecular weight is 661 g/mol. The van der Waals surface area contributed by atoms with Gasteiger partial charge in [-0.15, -0.1) is 0 Å². The quantitative estimate of drug-likeness (QED) is 0.135. The van der Waals surface area contributed by atoms with Gasteiger partial charge in [-0.1, -0.05) is 154 Å². The Kier molecular flexibility index (Phi) is 11.1. The van der Waals surface area contributed by atoms with E-state index in [2.05, 4.69) is 194 Å². The van der Waals surface area contributed by atoms with E-state index in [-0.39, 0.29) is 0 Å². The Morgan fingerprint density at radius 1 is 0.451 bits per heavy atom. The molecule has 7 aromatic carbocycles. The standard InChI is InChI=1S/C47H38N2.C2H6/c1-4-11-35(5-2)38-20-29-45(30-21-38)49(47-33-24-37-14-9-10-15-42(37)34-47)46-31-22-41(23-32-46)40-18-27-44(28-19-40)48(3)43-25-16-39(17-26-43)36-12-7-6-8-13-36;1-2/h4-34H,1-2H2,3H3;1-2H3/b35-11+;. The first kappa shape index (κ1) is 34.5. The summed E-state index contributed by atoms with van der Waals surface area (Å²) in [6.45, 7) is 11.8. The predicted molar refractivity (Wildman–Crippen MR) is 224 cm³/mol. The van der Waals surface area contributed by atoms with E-state index in [0.717, 1.165) is 39.6 Å². The molecule has 0 amide bonds. The fourth-order valence-electron chi connectivity index (χ4n) is 6.31. The summed E-state index contributed by atoms with van der Waals surface area (Å²) < 4.78 is 0. The first-order valence-corrected chi connectivity index (χ1v) is 17.6. The van der Waals surface area contributed by atoms with E-state index in [1.54, 1.807) is 6.08 Å². The largest absolute Gasteiger partial charge is 0.345 e. The van der Waals surface area contributed by atoms with Crippen molar-refractivity contribution >= 4 is 44.8 Å². The van der Waals surface area contributed by atoms with Crippen molar-refractivity contribution < 1.29 is 0 Å². The summed E-state index contributed by atoms with van der Waals surface area (Å²) in [5, 5.41) is 2.43. The molecule has 0 atom stereocenters. The highest BCUT2D eigenvalue weighted by molar-refractivity contribution is 5.90. The number of benzene rings is 7. The molecule has 0 bridgehead atoms. The molecule has 0 aromatic heterocycles. The lowest BCUT2D eigenvalue weighted by Crippen LogP contribution is -2.10. The zero-order chi connectivity index (χ0) is 35.6. The van der Waals surface area contributed by atoms with E-state index in [1.807, 2.05) is 32.1 Å². The van der Waals surface area contributed by atoms with Gasteiger partial charge in [0, 0.05) is 35.5 Å². The minimum absolute atomic E-state index is 1.04. The van der Waals surface area contributed by atoms with Crippen LogP contribution in [0.25, 0.3) is 38.6 Å². The minimum atomic E-state index is 1.04. The highest BCUT2D eigenvalue weighted by Gasteiger charge is 2.14. The van der Waals surface area contributed by atoms with Crippen molar-refractivity contribution in [1.29, 1.82) is 0 Å². The van der Waals surface area contributed by atoms with E-state index in [4.69, 9.17) is 0 Å². The molecule has 51 heavy (non-hydrogen) atoms. The predicted octanol–water partition coefficient (Wildman–Crippen LogP) is 14.2. The topological polar surface area (TPSA) is 6.48 Å². The maximum absolute atomic E-state index is 3.98. The van der Waals surface area contributed by atoms with Gasteiger partial charge in [-0.3, -0.25) is 0 Å². The van der Waals surface area contributed by atoms with Crippen LogP contribution in [0.1, 0.15) is 19.4 Å². The zero-order valence-corrected chi connectivity index (χ0v) is 29.7. The Hall–Kier alpha value is -6.38. The number of allylic oxidation sites excluding steroid dienone is 4. The second-order valence-corrected chi connectivity index (χ2v) is 12.0. The number of hydrogen-bond acceptors (Lipinski definition) is 2. The maximum atomic E-state index is 3.98. The Morgan fingerprint density at radius 2 is 0.882 bits per heavy atom. The van der Waals surface area contributed by atoms with Crippen LogP contribution in [0.3, 0.4) is 0 Å². The van der Waals surface area contributed by atoms with Crippen LogP contribution in [-0.2, 0) is 0 Å². The van der Waals surface area contributed by atoms with E-state index in [9.17, 15) is 0 Å². The highest BCUT2D eigenvalue weighted by atomic mass is 15.1. The third-order valence-electron chi connectivity index (χ3n) is 9.04. The number of fused-ring (bicyclic) bond motifs is 1. The van der Waals surface area contributed by atoms with Crippen molar-refractivity contribution in [3.05, 3.63) is 207 Å².